The lowest BCUT2D eigenvalue weighted by Gasteiger charge is -2.27. The summed E-state index contributed by atoms with van der Waals surface area (Å²) in [5, 5.41) is 29.1. The number of nitrogen functional groups attached to an aromatic ring is 1. The van der Waals surface area contributed by atoms with Gasteiger partial charge in [-0.05, 0) is 52.0 Å². The average molecular weight is 562 g/mol. The molecule has 5 rings (SSSR count). The molecule has 210 valence electrons. The first-order valence-corrected chi connectivity index (χ1v) is 14.1. The number of anilines is 1. The summed E-state index contributed by atoms with van der Waals surface area (Å²) in [6, 6.07) is 10.7. The normalized spacial score (nSPS) is 30.4. The van der Waals surface area contributed by atoms with Gasteiger partial charge >= 0.3 is 13.7 Å². The molecule has 3 aromatic rings. The van der Waals surface area contributed by atoms with Crippen molar-refractivity contribution >= 4 is 25.1 Å². The monoisotopic (exact) mass is 561 g/mol. The van der Waals surface area contributed by atoms with Gasteiger partial charge in [0, 0.05) is 6.42 Å². The summed E-state index contributed by atoms with van der Waals surface area (Å²) < 4.78 is 38.6. The number of carbonyl (C=O) groups excluding carboxylic acids is 1. The Kier molecular flexibility index (Phi) is 6.94. The molecular formula is C25H32N5O8P. The maximum atomic E-state index is 14.0. The molecule has 1 aromatic carbocycles. The van der Waals surface area contributed by atoms with E-state index in [1.165, 1.54) is 17.8 Å². The van der Waals surface area contributed by atoms with Gasteiger partial charge in [0.1, 0.15) is 53.1 Å². The molecule has 2 aliphatic rings. The Morgan fingerprint density at radius 3 is 2.62 bits per heavy atom. The van der Waals surface area contributed by atoms with E-state index in [1.54, 1.807) is 63.2 Å². The highest BCUT2D eigenvalue weighted by atomic mass is 31.2. The third-order valence-electron chi connectivity index (χ3n) is 6.94. The lowest BCUT2D eigenvalue weighted by molar-refractivity contribution is -0.149. The number of rotatable bonds is 9. The second kappa shape index (κ2) is 9.84. The molecule has 0 radical (unpaired) electrons. The molecule has 14 heteroatoms. The zero-order valence-corrected chi connectivity index (χ0v) is 22.8. The number of fused-ring (bicyclic) bond motifs is 1. The van der Waals surface area contributed by atoms with E-state index in [9.17, 15) is 19.6 Å². The SMILES string of the molecule is CC(C)OC(=O)[C@H](C)NP(=O)(Oc1ccccc1)O[C@@H]1CC12O[C@@](C)(c1ccc3c(N)ncnn13)[C@H](O)[C@@H]2O. The van der Waals surface area contributed by atoms with Gasteiger partial charge in [0.25, 0.3) is 0 Å². The van der Waals surface area contributed by atoms with E-state index in [2.05, 4.69) is 15.2 Å². The second-order valence-electron chi connectivity index (χ2n) is 10.3. The largest absolute Gasteiger partial charge is 0.462 e. The topological polar surface area (TPSA) is 180 Å². The fraction of sp³-hybridized carbons (Fsp3) is 0.480. The summed E-state index contributed by atoms with van der Waals surface area (Å²) in [6.07, 6.45) is -2.72. The predicted molar refractivity (Wildman–Crippen MR) is 139 cm³/mol. The van der Waals surface area contributed by atoms with Crippen molar-refractivity contribution in [2.24, 2.45) is 0 Å². The quantitative estimate of drug-likeness (QED) is 0.221. The Balaban J connectivity index is 1.40. The Morgan fingerprint density at radius 1 is 1.21 bits per heavy atom. The number of hydrogen-bond donors (Lipinski definition) is 4. The molecule has 1 aliphatic heterocycles. The number of aliphatic hydroxyl groups excluding tert-OH is 2. The van der Waals surface area contributed by atoms with Gasteiger partial charge in [0.05, 0.1) is 11.8 Å². The van der Waals surface area contributed by atoms with Crippen LogP contribution in [0.2, 0.25) is 0 Å². The van der Waals surface area contributed by atoms with Crippen molar-refractivity contribution in [2.75, 3.05) is 5.73 Å². The highest BCUT2D eigenvalue weighted by molar-refractivity contribution is 7.52. The Morgan fingerprint density at radius 2 is 1.92 bits per heavy atom. The molecule has 2 aromatic heterocycles. The zero-order valence-electron chi connectivity index (χ0n) is 21.9. The van der Waals surface area contributed by atoms with E-state index in [1.807, 2.05) is 0 Å². The number of benzene rings is 1. The van der Waals surface area contributed by atoms with Crippen LogP contribution in [0.3, 0.4) is 0 Å². The zero-order chi connectivity index (χ0) is 28.2. The third-order valence-corrected chi connectivity index (χ3v) is 8.62. The van der Waals surface area contributed by atoms with Crippen LogP contribution < -0.4 is 15.3 Å². The average Bonchev–Trinajstić information content (AvgIpc) is 3.25. The van der Waals surface area contributed by atoms with Crippen molar-refractivity contribution in [3.63, 3.8) is 0 Å². The summed E-state index contributed by atoms with van der Waals surface area (Å²) in [5.41, 5.74) is 4.09. The highest BCUT2D eigenvalue weighted by Gasteiger charge is 2.74. The number of aliphatic hydroxyl groups is 2. The summed E-state index contributed by atoms with van der Waals surface area (Å²) >= 11 is 0. The lowest BCUT2D eigenvalue weighted by atomic mass is 9.93. The van der Waals surface area contributed by atoms with Gasteiger partial charge in [0.15, 0.2) is 5.82 Å². The number of nitrogens with one attached hydrogen (secondary N) is 1. The molecule has 2 fully saturated rings. The molecule has 39 heavy (non-hydrogen) atoms. The lowest BCUT2D eigenvalue weighted by Crippen LogP contribution is -2.40. The Labute approximate surface area is 224 Å². The van der Waals surface area contributed by atoms with Gasteiger partial charge in [-0.1, -0.05) is 18.2 Å². The van der Waals surface area contributed by atoms with Crippen LogP contribution in [0.1, 0.15) is 39.8 Å². The fourth-order valence-electron chi connectivity index (χ4n) is 4.88. The second-order valence-corrected chi connectivity index (χ2v) is 11.9. The van der Waals surface area contributed by atoms with Crippen molar-refractivity contribution in [1.82, 2.24) is 19.7 Å². The molecule has 2 unspecified atom stereocenters. The van der Waals surface area contributed by atoms with Crippen LogP contribution in [0, 0.1) is 0 Å². The van der Waals surface area contributed by atoms with Crippen LogP contribution in [-0.4, -0.2) is 66.8 Å². The van der Waals surface area contributed by atoms with Gasteiger partial charge in [0.2, 0.25) is 0 Å². The molecule has 13 nitrogen and oxygen atoms in total. The number of aromatic nitrogens is 3. The molecule has 1 spiro atoms. The number of para-hydroxylation sites is 1. The Bertz CT molecular complexity index is 1420. The number of nitrogens with zero attached hydrogens (tertiary/aromatic N) is 3. The number of hydrogen-bond acceptors (Lipinski definition) is 11. The fourth-order valence-corrected chi connectivity index (χ4v) is 6.61. The molecular weight excluding hydrogens is 529 g/mol. The minimum Gasteiger partial charge on any atom is -0.462 e. The summed E-state index contributed by atoms with van der Waals surface area (Å²) in [5.74, 6) is -0.162. The Hall–Kier alpha value is -3.06. The minimum atomic E-state index is -4.23. The van der Waals surface area contributed by atoms with Gasteiger partial charge in [-0.25, -0.2) is 14.1 Å². The van der Waals surface area contributed by atoms with Crippen molar-refractivity contribution in [3.05, 3.63) is 54.5 Å². The molecule has 1 saturated heterocycles. The van der Waals surface area contributed by atoms with Crippen molar-refractivity contribution in [3.8, 4) is 5.75 Å². The van der Waals surface area contributed by atoms with E-state index in [4.69, 9.17) is 24.3 Å². The first kappa shape index (κ1) is 27.5. The molecule has 5 N–H and O–H groups in total. The number of esters is 1. The highest BCUT2D eigenvalue weighted by Crippen LogP contribution is 2.62. The van der Waals surface area contributed by atoms with Gasteiger partial charge < -0.3 is 29.9 Å². The predicted octanol–water partition coefficient (Wildman–Crippen LogP) is 1.92. The van der Waals surface area contributed by atoms with E-state index in [-0.39, 0.29) is 24.1 Å². The van der Waals surface area contributed by atoms with Crippen molar-refractivity contribution in [2.45, 2.75) is 75.8 Å². The van der Waals surface area contributed by atoms with Gasteiger partial charge in [-0.3, -0.25) is 9.32 Å². The van der Waals surface area contributed by atoms with Gasteiger partial charge in [-0.15, -0.1) is 0 Å². The maximum absolute atomic E-state index is 14.0. The molecule has 0 bridgehead atoms. The number of ether oxygens (including phenoxy) is 2. The molecule has 0 amide bonds. The molecule has 1 aliphatic carbocycles. The first-order chi connectivity index (χ1) is 18.4. The first-order valence-electron chi connectivity index (χ1n) is 12.5. The van der Waals surface area contributed by atoms with Crippen molar-refractivity contribution < 1.29 is 38.1 Å². The van der Waals surface area contributed by atoms with E-state index in [0.29, 0.717) is 11.2 Å². The van der Waals surface area contributed by atoms with Crippen LogP contribution in [0.15, 0.2) is 48.8 Å². The summed E-state index contributed by atoms with van der Waals surface area (Å²) in [7, 11) is -4.23. The van der Waals surface area contributed by atoms with E-state index in [0.717, 1.165) is 0 Å². The van der Waals surface area contributed by atoms with E-state index >= 15 is 0 Å². The van der Waals surface area contributed by atoms with Crippen LogP contribution in [0.4, 0.5) is 5.82 Å². The smallest absolute Gasteiger partial charge is 0.459 e. The third kappa shape index (κ3) is 4.90. The van der Waals surface area contributed by atoms with Crippen molar-refractivity contribution in [1.29, 1.82) is 0 Å². The van der Waals surface area contributed by atoms with Crippen LogP contribution in [0.5, 0.6) is 5.75 Å². The number of carbonyl (C=O) groups is 1. The molecule has 3 heterocycles. The standard InChI is InChI=1S/C25H32N5O8P/c1-14(2)35-23(33)15(3)29-39(34,36-16-8-6-5-7-9-16)37-19-12-25(19)21(32)20(31)24(4,38-25)18-11-10-17-22(26)27-13-28-30(17)18/h5-11,13-15,19-21,31-32H,12H2,1-4H3,(H,29,34)(H2,26,27,28)/t15-,19+,20+,21-,24-,25?,39?/m0/s1. The number of nitrogens with two attached hydrogens (primary N) is 1. The maximum Gasteiger partial charge on any atom is 0.459 e. The van der Waals surface area contributed by atoms with Crippen LogP contribution in [0.25, 0.3) is 5.52 Å². The summed E-state index contributed by atoms with van der Waals surface area (Å²) in [4.78, 5) is 16.4. The summed E-state index contributed by atoms with van der Waals surface area (Å²) in [6.45, 7) is 6.49. The van der Waals surface area contributed by atoms with E-state index < -0.39 is 49.3 Å². The molecule has 1 saturated carbocycles. The van der Waals surface area contributed by atoms with Crippen LogP contribution >= 0.6 is 7.75 Å². The van der Waals surface area contributed by atoms with Crippen LogP contribution in [-0.2, 0) is 29.0 Å². The van der Waals surface area contributed by atoms with Gasteiger partial charge in [-0.2, -0.15) is 10.2 Å². The molecule has 7 atom stereocenters. The minimum absolute atomic E-state index is 0.107.